The molecule has 0 spiro atoms. The zero-order chi connectivity index (χ0) is 12.8. The van der Waals surface area contributed by atoms with E-state index in [1.165, 1.54) is 17.4 Å². The molecule has 0 fully saturated rings. The Morgan fingerprint density at radius 2 is 1.76 bits per heavy atom. The normalized spacial score (nSPS) is 13.3. The highest BCUT2D eigenvalue weighted by atomic mass is 32.1. The van der Waals surface area contributed by atoms with Crippen LogP contribution in [0.1, 0.15) is 24.3 Å². The van der Waals surface area contributed by atoms with Gasteiger partial charge in [0, 0.05) is 9.58 Å². The predicted molar refractivity (Wildman–Crippen MR) is 62.1 cm³/mol. The summed E-state index contributed by atoms with van der Waals surface area (Å²) in [5.74, 6) is 0. The van der Waals surface area contributed by atoms with E-state index >= 15 is 0 Å². The monoisotopic (exact) mass is 260 g/mol. The van der Waals surface area contributed by atoms with Crippen LogP contribution in [0.5, 0.6) is 0 Å². The Morgan fingerprint density at radius 3 is 2.29 bits per heavy atom. The molecule has 0 saturated carbocycles. The fraction of sp³-hybridized carbons (Fsp3) is 0.333. The number of benzene rings is 1. The Labute approximate surface area is 101 Å². The van der Waals surface area contributed by atoms with Crippen molar-refractivity contribution in [3.8, 4) is 0 Å². The molecule has 0 aliphatic heterocycles. The van der Waals surface area contributed by atoms with Gasteiger partial charge in [0.2, 0.25) is 0 Å². The Bertz CT molecular complexity index is 537. The van der Waals surface area contributed by atoms with Crippen molar-refractivity contribution in [2.75, 3.05) is 0 Å². The van der Waals surface area contributed by atoms with Gasteiger partial charge in [0.05, 0.1) is 11.2 Å². The number of aliphatic hydroxyl groups is 1. The van der Waals surface area contributed by atoms with Crippen molar-refractivity contribution in [3.05, 3.63) is 34.7 Å². The van der Waals surface area contributed by atoms with Crippen LogP contribution in [0, 0.1) is 0 Å². The second kappa shape index (κ2) is 3.71. The second-order valence-corrected chi connectivity index (χ2v) is 5.50. The molecule has 0 unspecified atom stereocenters. The SMILES string of the molecule is CC(C)(O)c1cc2ccc(C(F)(F)F)cc2s1. The highest BCUT2D eigenvalue weighted by Crippen LogP contribution is 2.37. The van der Waals surface area contributed by atoms with E-state index in [2.05, 4.69) is 0 Å². The van der Waals surface area contributed by atoms with E-state index in [1.54, 1.807) is 19.9 Å². The van der Waals surface area contributed by atoms with Crippen LogP contribution in [0.25, 0.3) is 10.1 Å². The lowest BCUT2D eigenvalue weighted by atomic mass is 10.1. The van der Waals surface area contributed by atoms with Gasteiger partial charge >= 0.3 is 6.18 Å². The van der Waals surface area contributed by atoms with Crippen LogP contribution in [0.4, 0.5) is 13.2 Å². The van der Waals surface area contributed by atoms with Gasteiger partial charge in [-0.2, -0.15) is 13.2 Å². The summed E-state index contributed by atoms with van der Waals surface area (Å²) in [6, 6.07) is 5.34. The topological polar surface area (TPSA) is 20.2 Å². The lowest BCUT2D eigenvalue weighted by molar-refractivity contribution is -0.137. The second-order valence-electron chi connectivity index (χ2n) is 4.42. The summed E-state index contributed by atoms with van der Waals surface area (Å²) in [7, 11) is 0. The first-order valence-electron chi connectivity index (χ1n) is 5.01. The Hall–Kier alpha value is -1.07. The van der Waals surface area contributed by atoms with Crippen molar-refractivity contribution in [1.29, 1.82) is 0 Å². The number of alkyl halides is 3. The molecule has 2 aromatic rings. The molecule has 17 heavy (non-hydrogen) atoms. The van der Waals surface area contributed by atoms with Gasteiger partial charge in [0.1, 0.15) is 0 Å². The molecule has 0 atom stereocenters. The van der Waals surface area contributed by atoms with Gasteiger partial charge in [-0.15, -0.1) is 11.3 Å². The lowest BCUT2D eigenvalue weighted by Crippen LogP contribution is -2.12. The number of halogens is 3. The summed E-state index contributed by atoms with van der Waals surface area (Å²) in [6.45, 7) is 3.23. The van der Waals surface area contributed by atoms with Crippen LogP contribution in [0.15, 0.2) is 24.3 Å². The van der Waals surface area contributed by atoms with Crippen molar-refractivity contribution in [2.24, 2.45) is 0 Å². The van der Waals surface area contributed by atoms with Gasteiger partial charge < -0.3 is 5.11 Å². The molecule has 2 rings (SSSR count). The number of fused-ring (bicyclic) bond motifs is 1. The molecule has 1 aromatic heterocycles. The fourth-order valence-electron chi connectivity index (χ4n) is 1.51. The first kappa shape index (κ1) is 12.4. The number of thiophene rings is 1. The van der Waals surface area contributed by atoms with E-state index in [0.717, 1.165) is 17.5 Å². The van der Waals surface area contributed by atoms with Crippen molar-refractivity contribution < 1.29 is 18.3 Å². The van der Waals surface area contributed by atoms with Gasteiger partial charge in [-0.1, -0.05) is 6.07 Å². The quantitative estimate of drug-likeness (QED) is 0.816. The van der Waals surface area contributed by atoms with E-state index < -0.39 is 17.3 Å². The molecule has 92 valence electrons. The van der Waals surface area contributed by atoms with Crippen LogP contribution >= 0.6 is 11.3 Å². The van der Waals surface area contributed by atoms with E-state index in [9.17, 15) is 18.3 Å². The molecule has 0 amide bonds. The summed E-state index contributed by atoms with van der Waals surface area (Å²) < 4.78 is 38.1. The Balaban J connectivity index is 2.56. The maximum atomic E-state index is 12.5. The summed E-state index contributed by atoms with van der Waals surface area (Å²) >= 11 is 1.18. The van der Waals surface area contributed by atoms with E-state index in [-0.39, 0.29) is 0 Å². The highest BCUT2D eigenvalue weighted by Gasteiger charge is 2.31. The van der Waals surface area contributed by atoms with E-state index in [1.807, 2.05) is 0 Å². The van der Waals surface area contributed by atoms with Crippen LogP contribution in [-0.2, 0) is 11.8 Å². The molecule has 1 aromatic carbocycles. The minimum Gasteiger partial charge on any atom is -0.385 e. The highest BCUT2D eigenvalue weighted by molar-refractivity contribution is 7.19. The Morgan fingerprint density at radius 1 is 1.12 bits per heavy atom. The van der Waals surface area contributed by atoms with Crippen molar-refractivity contribution >= 4 is 21.4 Å². The van der Waals surface area contributed by atoms with Crippen LogP contribution in [0.3, 0.4) is 0 Å². The molecule has 1 heterocycles. The van der Waals surface area contributed by atoms with Gasteiger partial charge in [-0.25, -0.2) is 0 Å². The third kappa shape index (κ3) is 2.45. The summed E-state index contributed by atoms with van der Waals surface area (Å²) in [4.78, 5) is 0.659. The molecular formula is C12H11F3OS. The average Bonchev–Trinajstić information content (AvgIpc) is 2.57. The van der Waals surface area contributed by atoms with Crippen molar-refractivity contribution in [3.63, 3.8) is 0 Å². The summed E-state index contributed by atoms with van der Waals surface area (Å²) in [5.41, 5.74) is -1.68. The molecular weight excluding hydrogens is 249 g/mol. The molecule has 0 aliphatic carbocycles. The largest absolute Gasteiger partial charge is 0.416 e. The molecule has 5 heteroatoms. The van der Waals surface area contributed by atoms with E-state index in [4.69, 9.17) is 0 Å². The molecule has 0 bridgehead atoms. The smallest absolute Gasteiger partial charge is 0.385 e. The first-order valence-corrected chi connectivity index (χ1v) is 5.83. The molecule has 1 nitrogen and oxygen atoms in total. The zero-order valence-electron chi connectivity index (χ0n) is 9.30. The lowest BCUT2D eigenvalue weighted by Gasteiger charge is -2.13. The average molecular weight is 260 g/mol. The van der Waals surface area contributed by atoms with Crippen LogP contribution < -0.4 is 0 Å². The number of hydrogen-bond acceptors (Lipinski definition) is 2. The molecule has 1 N–H and O–H groups in total. The zero-order valence-corrected chi connectivity index (χ0v) is 10.1. The Kier molecular flexibility index (Phi) is 2.71. The van der Waals surface area contributed by atoms with Gasteiger partial charge in [-0.3, -0.25) is 0 Å². The molecule has 0 saturated heterocycles. The minimum atomic E-state index is -4.33. The van der Waals surface area contributed by atoms with Gasteiger partial charge in [0.25, 0.3) is 0 Å². The van der Waals surface area contributed by atoms with Crippen molar-refractivity contribution in [2.45, 2.75) is 25.6 Å². The summed E-state index contributed by atoms with van der Waals surface area (Å²) in [6.07, 6.45) is -4.33. The number of hydrogen-bond donors (Lipinski definition) is 1. The predicted octanol–water partition coefficient (Wildman–Crippen LogP) is 4.15. The first-order chi connectivity index (χ1) is 7.68. The third-order valence-corrected chi connectivity index (χ3v) is 3.86. The van der Waals surface area contributed by atoms with Crippen LogP contribution in [0.2, 0.25) is 0 Å². The fourth-order valence-corrected chi connectivity index (χ4v) is 2.61. The van der Waals surface area contributed by atoms with Crippen LogP contribution in [-0.4, -0.2) is 5.11 Å². The van der Waals surface area contributed by atoms with Crippen molar-refractivity contribution in [1.82, 2.24) is 0 Å². The molecule has 0 aliphatic rings. The standard InChI is InChI=1S/C12H11F3OS/c1-11(2,16)10-5-7-3-4-8(12(13,14)15)6-9(7)17-10/h3-6,16H,1-2H3. The number of rotatable bonds is 1. The van der Waals surface area contributed by atoms with Gasteiger partial charge in [-0.05, 0) is 37.4 Å². The maximum Gasteiger partial charge on any atom is 0.416 e. The minimum absolute atomic E-state index is 0.539. The summed E-state index contributed by atoms with van der Waals surface area (Å²) in [5, 5.41) is 10.5. The third-order valence-electron chi connectivity index (χ3n) is 2.45. The van der Waals surface area contributed by atoms with E-state index in [0.29, 0.717) is 9.58 Å². The van der Waals surface area contributed by atoms with Gasteiger partial charge in [0.15, 0.2) is 0 Å². The molecule has 0 radical (unpaired) electrons. The maximum absolute atomic E-state index is 12.5.